The summed E-state index contributed by atoms with van der Waals surface area (Å²) < 4.78 is 10.3. The Labute approximate surface area is 123 Å². The molecule has 0 unspecified atom stereocenters. The van der Waals surface area contributed by atoms with E-state index in [0.717, 1.165) is 5.56 Å². The van der Waals surface area contributed by atoms with E-state index >= 15 is 0 Å². The Kier molecular flexibility index (Phi) is 4.93. The summed E-state index contributed by atoms with van der Waals surface area (Å²) in [6.45, 7) is 0. The first-order valence-electron chi connectivity index (χ1n) is 6.35. The van der Waals surface area contributed by atoms with Crippen molar-refractivity contribution in [3.05, 3.63) is 59.7 Å². The number of nitrogens with zero attached hydrogens (tertiary/aromatic N) is 1. The third kappa shape index (κ3) is 3.82. The van der Waals surface area contributed by atoms with Crippen LogP contribution in [0.2, 0.25) is 0 Å². The Balaban J connectivity index is 2.05. The molecule has 2 rings (SSSR count). The molecule has 0 aliphatic rings. The monoisotopic (exact) mass is 284 g/mol. The van der Waals surface area contributed by atoms with Gasteiger partial charge >= 0.3 is 0 Å². The SMILES string of the molecule is COc1ccc(C(=O)N/N=C/c2ccccc2)cc1OC. The number of methoxy groups -OCH3 is 2. The number of carbonyl (C=O) groups is 1. The van der Waals surface area contributed by atoms with Gasteiger partial charge in [0.05, 0.1) is 20.4 Å². The number of hydrogen-bond acceptors (Lipinski definition) is 4. The van der Waals surface area contributed by atoms with Crippen molar-refractivity contribution in [1.29, 1.82) is 0 Å². The fraction of sp³-hybridized carbons (Fsp3) is 0.125. The molecule has 0 saturated carbocycles. The van der Waals surface area contributed by atoms with Crippen LogP contribution in [-0.2, 0) is 0 Å². The van der Waals surface area contributed by atoms with Gasteiger partial charge in [-0.3, -0.25) is 4.79 Å². The topological polar surface area (TPSA) is 59.9 Å². The maximum atomic E-state index is 12.0. The molecule has 0 heterocycles. The van der Waals surface area contributed by atoms with Crippen molar-refractivity contribution in [2.24, 2.45) is 5.10 Å². The largest absolute Gasteiger partial charge is 0.493 e. The van der Waals surface area contributed by atoms with Crippen molar-refractivity contribution in [1.82, 2.24) is 5.43 Å². The molecule has 108 valence electrons. The Bertz CT molecular complexity index is 639. The lowest BCUT2D eigenvalue weighted by Crippen LogP contribution is -2.17. The Morgan fingerprint density at radius 2 is 1.76 bits per heavy atom. The molecule has 1 amide bonds. The molecule has 0 aliphatic carbocycles. The Morgan fingerprint density at radius 3 is 2.43 bits per heavy atom. The smallest absolute Gasteiger partial charge is 0.271 e. The van der Waals surface area contributed by atoms with Gasteiger partial charge in [-0.15, -0.1) is 0 Å². The van der Waals surface area contributed by atoms with E-state index in [1.54, 1.807) is 31.5 Å². The number of hydrazone groups is 1. The van der Waals surface area contributed by atoms with Crippen molar-refractivity contribution in [2.45, 2.75) is 0 Å². The minimum Gasteiger partial charge on any atom is -0.493 e. The molecule has 0 atom stereocenters. The maximum Gasteiger partial charge on any atom is 0.271 e. The molecule has 0 aliphatic heterocycles. The van der Waals surface area contributed by atoms with Gasteiger partial charge in [0.2, 0.25) is 0 Å². The van der Waals surface area contributed by atoms with Crippen molar-refractivity contribution in [2.75, 3.05) is 14.2 Å². The number of ether oxygens (including phenoxy) is 2. The maximum absolute atomic E-state index is 12.0. The molecule has 0 bridgehead atoms. The number of amides is 1. The van der Waals surface area contributed by atoms with Crippen molar-refractivity contribution in [3.8, 4) is 11.5 Å². The van der Waals surface area contributed by atoms with Gasteiger partial charge in [0.15, 0.2) is 11.5 Å². The Hall–Kier alpha value is -2.82. The second kappa shape index (κ2) is 7.09. The van der Waals surface area contributed by atoms with Crippen molar-refractivity contribution < 1.29 is 14.3 Å². The second-order valence-corrected chi connectivity index (χ2v) is 4.18. The number of hydrogen-bond donors (Lipinski definition) is 1. The van der Waals surface area contributed by atoms with Crippen LogP contribution in [0.1, 0.15) is 15.9 Å². The zero-order valence-corrected chi connectivity index (χ0v) is 11.9. The fourth-order valence-electron chi connectivity index (χ4n) is 1.75. The van der Waals surface area contributed by atoms with Gasteiger partial charge < -0.3 is 9.47 Å². The highest BCUT2D eigenvalue weighted by molar-refractivity contribution is 5.95. The van der Waals surface area contributed by atoms with Crippen LogP contribution in [0.5, 0.6) is 11.5 Å². The minimum atomic E-state index is -0.317. The molecule has 2 aromatic rings. The summed E-state index contributed by atoms with van der Waals surface area (Å²) in [5.41, 5.74) is 3.82. The molecule has 5 nitrogen and oxygen atoms in total. The predicted octanol–water partition coefficient (Wildman–Crippen LogP) is 2.47. The summed E-state index contributed by atoms with van der Waals surface area (Å²) in [7, 11) is 3.06. The average Bonchev–Trinajstić information content (AvgIpc) is 2.55. The summed E-state index contributed by atoms with van der Waals surface area (Å²) in [6.07, 6.45) is 1.58. The molecule has 0 radical (unpaired) electrons. The lowest BCUT2D eigenvalue weighted by Gasteiger charge is -2.08. The molecule has 5 heteroatoms. The lowest BCUT2D eigenvalue weighted by atomic mass is 10.2. The van der Waals surface area contributed by atoms with Gasteiger partial charge in [-0.2, -0.15) is 5.10 Å². The van der Waals surface area contributed by atoms with Gasteiger partial charge in [0, 0.05) is 5.56 Å². The molecular formula is C16H16N2O3. The third-order valence-corrected chi connectivity index (χ3v) is 2.83. The Morgan fingerprint density at radius 1 is 1.05 bits per heavy atom. The molecular weight excluding hydrogens is 268 g/mol. The summed E-state index contributed by atoms with van der Waals surface area (Å²) in [6, 6.07) is 14.4. The van der Waals surface area contributed by atoms with Crippen LogP contribution in [0.15, 0.2) is 53.6 Å². The summed E-state index contributed by atoms with van der Waals surface area (Å²) >= 11 is 0. The summed E-state index contributed by atoms with van der Waals surface area (Å²) in [4.78, 5) is 12.0. The highest BCUT2D eigenvalue weighted by Crippen LogP contribution is 2.27. The van der Waals surface area contributed by atoms with E-state index in [1.807, 2.05) is 30.3 Å². The summed E-state index contributed by atoms with van der Waals surface area (Å²) in [5.74, 6) is 0.752. The zero-order chi connectivity index (χ0) is 15.1. The lowest BCUT2D eigenvalue weighted by molar-refractivity contribution is 0.0954. The third-order valence-electron chi connectivity index (χ3n) is 2.83. The number of carbonyl (C=O) groups excluding carboxylic acids is 1. The van der Waals surface area contributed by atoms with Crippen molar-refractivity contribution >= 4 is 12.1 Å². The van der Waals surface area contributed by atoms with E-state index in [9.17, 15) is 4.79 Å². The van der Waals surface area contributed by atoms with Gasteiger partial charge in [0.1, 0.15) is 0 Å². The van der Waals surface area contributed by atoms with Crippen LogP contribution in [0.4, 0.5) is 0 Å². The van der Waals surface area contributed by atoms with Gasteiger partial charge in [-0.25, -0.2) is 5.43 Å². The standard InChI is InChI=1S/C16H16N2O3/c1-20-14-9-8-13(10-15(14)21-2)16(19)18-17-11-12-6-4-3-5-7-12/h3-11H,1-2H3,(H,18,19)/b17-11+. The zero-order valence-electron chi connectivity index (χ0n) is 11.9. The normalized spacial score (nSPS) is 10.4. The van der Waals surface area contributed by atoms with Crippen LogP contribution in [0.3, 0.4) is 0 Å². The molecule has 21 heavy (non-hydrogen) atoms. The number of rotatable bonds is 5. The van der Waals surface area contributed by atoms with Crippen LogP contribution >= 0.6 is 0 Å². The van der Waals surface area contributed by atoms with E-state index in [-0.39, 0.29) is 5.91 Å². The molecule has 0 saturated heterocycles. The summed E-state index contributed by atoms with van der Waals surface area (Å²) in [5, 5.41) is 3.92. The van der Waals surface area contributed by atoms with Gasteiger partial charge in [0.25, 0.3) is 5.91 Å². The number of nitrogens with one attached hydrogen (secondary N) is 1. The van der Waals surface area contributed by atoms with Gasteiger partial charge in [-0.1, -0.05) is 30.3 Å². The fourth-order valence-corrected chi connectivity index (χ4v) is 1.75. The van der Waals surface area contributed by atoms with E-state index in [0.29, 0.717) is 17.1 Å². The van der Waals surface area contributed by atoms with Crippen LogP contribution in [0, 0.1) is 0 Å². The van der Waals surface area contributed by atoms with Crippen LogP contribution in [-0.4, -0.2) is 26.3 Å². The van der Waals surface area contributed by atoms with Crippen LogP contribution < -0.4 is 14.9 Å². The molecule has 2 aromatic carbocycles. The highest BCUT2D eigenvalue weighted by atomic mass is 16.5. The molecule has 0 fully saturated rings. The minimum absolute atomic E-state index is 0.317. The first-order valence-corrected chi connectivity index (χ1v) is 6.35. The van der Waals surface area contributed by atoms with E-state index in [1.165, 1.54) is 7.11 Å². The van der Waals surface area contributed by atoms with E-state index < -0.39 is 0 Å². The molecule has 0 spiro atoms. The average molecular weight is 284 g/mol. The van der Waals surface area contributed by atoms with Crippen LogP contribution in [0.25, 0.3) is 0 Å². The molecule has 0 aromatic heterocycles. The van der Waals surface area contributed by atoms with E-state index in [4.69, 9.17) is 9.47 Å². The first-order chi connectivity index (χ1) is 10.2. The molecule has 1 N–H and O–H groups in total. The quantitative estimate of drug-likeness (QED) is 0.677. The second-order valence-electron chi connectivity index (χ2n) is 4.18. The number of benzene rings is 2. The van der Waals surface area contributed by atoms with Crippen molar-refractivity contribution in [3.63, 3.8) is 0 Å². The van der Waals surface area contributed by atoms with Gasteiger partial charge in [-0.05, 0) is 23.8 Å². The first kappa shape index (κ1) is 14.6. The van der Waals surface area contributed by atoms with E-state index in [2.05, 4.69) is 10.5 Å². The predicted molar refractivity (Wildman–Crippen MR) is 81.0 cm³/mol. The highest BCUT2D eigenvalue weighted by Gasteiger charge is 2.09.